The molecule has 0 radical (unpaired) electrons. The van der Waals surface area contributed by atoms with E-state index in [1.165, 1.54) is 23.0 Å². The predicted molar refractivity (Wildman–Crippen MR) is 96.4 cm³/mol. The zero-order chi connectivity index (χ0) is 16.4. The molecule has 0 spiro atoms. The number of aromatic nitrogens is 1. The fraction of sp³-hybridized carbons (Fsp3) is 0.158. The van der Waals surface area contributed by atoms with Crippen LogP contribution in [-0.2, 0) is 6.42 Å². The largest absolute Gasteiger partial charge is 0.313 e. The van der Waals surface area contributed by atoms with Gasteiger partial charge in [0.05, 0.1) is 5.56 Å². The Balaban J connectivity index is 1.93. The lowest BCUT2D eigenvalue weighted by atomic mass is 10.0. The van der Waals surface area contributed by atoms with Gasteiger partial charge in [-0.1, -0.05) is 37.3 Å². The van der Waals surface area contributed by atoms with Crippen LogP contribution in [0.25, 0.3) is 16.3 Å². The number of pyridine rings is 1. The van der Waals surface area contributed by atoms with Gasteiger partial charge < -0.3 is 4.98 Å². The molecule has 0 bridgehead atoms. The molecule has 116 valence electrons. The first-order chi connectivity index (χ1) is 11.1. The molecule has 0 aliphatic heterocycles. The minimum atomic E-state index is -0.326. The van der Waals surface area contributed by atoms with Crippen LogP contribution in [-0.4, -0.2) is 10.8 Å². The molecule has 2 aromatic heterocycles. The van der Waals surface area contributed by atoms with Gasteiger partial charge in [-0.05, 0) is 47.6 Å². The molecule has 1 aromatic carbocycles. The number of hydrogen-bond donors (Lipinski definition) is 1. The highest BCUT2D eigenvalue weighted by atomic mass is 32.1. The molecule has 0 unspecified atom stereocenters. The molecule has 23 heavy (non-hydrogen) atoms. The van der Waals surface area contributed by atoms with Crippen LogP contribution in [0.3, 0.4) is 0 Å². The summed E-state index contributed by atoms with van der Waals surface area (Å²) >= 11 is 1.46. The van der Waals surface area contributed by atoms with Crippen LogP contribution in [0, 0.1) is 6.92 Å². The van der Waals surface area contributed by atoms with Gasteiger partial charge in [-0.15, -0.1) is 11.3 Å². The number of aromatic amines is 1. The van der Waals surface area contributed by atoms with Crippen molar-refractivity contribution in [3.8, 4) is 0 Å². The van der Waals surface area contributed by atoms with Crippen molar-refractivity contribution >= 4 is 33.4 Å². The average Bonchev–Trinajstić information content (AvgIpc) is 3.02. The monoisotopic (exact) mass is 323 g/mol. The highest BCUT2D eigenvalue weighted by Crippen LogP contribution is 2.22. The highest BCUT2D eigenvalue weighted by molar-refractivity contribution is 7.16. The van der Waals surface area contributed by atoms with Crippen molar-refractivity contribution in [2.45, 2.75) is 20.3 Å². The van der Waals surface area contributed by atoms with Gasteiger partial charge in [0.15, 0.2) is 5.78 Å². The minimum Gasteiger partial charge on any atom is -0.313 e. The third-order valence-corrected chi connectivity index (χ3v) is 4.79. The van der Waals surface area contributed by atoms with E-state index >= 15 is 0 Å². The summed E-state index contributed by atoms with van der Waals surface area (Å²) in [5.41, 5.74) is 2.83. The van der Waals surface area contributed by atoms with E-state index in [9.17, 15) is 9.59 Å². The van der Waals surface area contributed by atoms with Gasteiger partial charge in [0, 0.05) is 5.39 Å². The van der Waals surface area contributed by atoms with E-state index in [-0.39, 0.29) is 16.9 Å². The van der Waals surface area contributed by atoms with Crippen molar-refractivity contribution < 1.29 is 4.79 Å². The van der Waals surface area contributed by atoms with Crippen molar-refractivity contribution in [1.29, 1.82) is 0 Å². The molecular weight excluding hydrogens is 306 g/mol. The SMILES string of the molecule is CCc1ccc(C=CC(=O)c2c(C)c3ccsc3[nH]c2=O)cc1. The van der Waals surface area contributed by atoms with Crippen molar-refractivity contribution in [3.05, 3.63) is 74.4 Å². The molecule has 3 rings (SSSR count). The Morgan fingerprint density at radius 1 is 1.22 bits per heavy atom. The number of carbonyl (C=O) groups excluding carboxylic acids is 1. The highest BCUT2D eigenvalue weighted by Gasteiger charge is 2.14. The van der Waals surface area contributed by atoms with Crippen LogP contribution < -0.4 is 5.56 Å². The molecule has 0 aliphatic carbocycles. The maximum Gasteiger partial charge on any atom is 0.260 e. The van der Waals surface area contributed by atoms with E-state index in [0.717, 1.165) is 27.8 Å². The quantitative estimate of drug-likeness (QED) is 0.573. The van der Waals surface area contributed by atoms with Gasteiger partial charge in [-0.3, -0.25) is 9.59 Å². The van der Waals surface area contributed by atoms with E-state index in [2.05, 4.69) is 11.9 Å². The molecule has 1 N–H and O–H groups in total. The number of aryl methyl sites for hydroxylation is 2. The summed E-state index contributed by atoms with van der Waals surface area (Å²) in [6.45, 7) is 3.92. The Bertz CT molecular complexity index is 946. The molecular formula is C19H17NO2S. The fourth-order valence-corrected chi connectivity index (χ4v) is 3.43. The number of ketones is 1. The maximum absolute atomic E-state index is 12.4. The summed E-state index contributed by atoms with van der Waals surface area (Å²) in [5, 5.41) is 2.84. The standard InChI is InChI=1S/C19H17NO2S/c1-3-13-4-6-14(7-5-13)8-9-16(21)17-12(2)15-10-11-23-19(15)20-18(17)22/h4-11H,3H2,1-2H3,(H,20,22). The Hall–Kier alpha value is -2.46. The van der Waals surface area contributed by atoms with Gasteiger partial charge in [-0.2, -0.15) is 0 Å². The Morgan fingerprint density at radius 3 is 2.65 bits per heavy atom. The van der Waals surface area contributed by atoms with Crippen molar-refractivity contribution in [2.75, 3.05) is 0 Å². The molecule has 0 saturated heterocycles. The van der Waals surface area contributed by atoms with Gasteiger partial charge in [0.25, 0.3) is 5.56 Å². The zero-order valence-corrected chi connectivity index (χ0v) is 13.9. The van der Waals surface area contributed by atoms with Crippen LogP contribution >= 0.6 is 11.3 Å². The normalized spacial score (nSPS) is 11.4. The second-order valence-corrected chi connectivity index (χ2v) is 6.33. The van der Waals surface area contributed by atoms with Crippen LogP contribution in [0.5, 0.6) is 0 Å². The van der Waals surface area contributed by atoms with E-state index < -0.39 is 0 Å². The number of carbonyl (C=O) groups is 1. The average molecular weight is 323 g/mol. The van der Waals surface area contributed by atoms with Crippen LogP contribution in [0.4, 0.5) is 0 Å². The number of thiophene rings is 1. The lowest BCUT2D eigenvalue weighted by molar-refractivity contribution is 0.104. The molecule has 0 aliphatic rings. The van der Waals surface area contributed by atoms with Crippen molar-refractivity contribution in [3.63, 3.8) is 0 Å². The molecule has 0 saturated carbocycles. The first kappa shape index (κ1) is 15.4. The summed E-state index contributed by atoms with van der Waals surface area (Å²) in [4.78, 5) is 28.2. The van der Waals surface area contributed by atoms with Crippen molar-refractivity contribution in [1.82, 2.24) is 4.98 Å². The summed E-state index contributed by atoms with van der Waals surface area (Å²) in [6, 6.07) is 9.96. The van der Waals surface area contributed by atoms with Gasteiger partial charge >= 0.3 is 0 Å². The molecule has 2 heterocycles. The Morgan fingerprint density at radius 2 is 1.96 bits per heavy atom. The molecule has 0 atom stereocenters. The van der Waals surface area contributed by atoms with Gasteiger partial charge in [0.2, 0.25) is 0 Å². The van der Waals surface area contributed by atoms with E-state index in [0.29, 0.717) is 0 Å². The smallest absolute Gasteiger partial charge is 0.260 e. The van der Waals surface area contributed by atoms with Crippen LogP contribution in [0.2, 0.25) is 0 Å². The first-order valence-electron chi connectivity index (χ1n) is 7.51. The second kappa shape index (κ2) is 6.34. The zero-order valence-electron chi connectivity index (χ0n) is 13.1. The lowest BCUT2D eigenvalue weighted by Gasteiger charge is -2.03. The maximum atomic E-state index is 12.4. The van der Waals surface area contributed by atoms with Gasteiger partial charge in [0.1, 0.15) is 4.83 Å². The number of benzene rings is 1. The Labute approximate surface area is 138 Å². The lowest BCUT2D eigenvalue weighted by Crippen LogP contribution is -2.18. The molecule has 0 fully saturated rings. The molecule has 3 aromatic rings. The number of rotatable bonds is 4. The summed E-state index contributed by atoms with van der Waals surface area (Å²) < 4.78 is 0. The number of fused-ring (bicyclic) bond motifs is 1. The van der Waals surface area contributed by atoms with E-state index in [4.69, 9.17) is 0 Å². The number of hydrogen-bond acceptors (Lipinski definition) is 3. The topological polar surface area (TPSA) is 49.9 Å². The number of nitrogens with one attached hydrogen (secondary N) is 1. The van der Waals surface area contributed by atoms with Crippen LogP contribution in [0.1, 0.15) is 34.0 Å². The van der Waals surface area contributed by atoms with E-state index in [1.54, 1.807) is 6.08 Å². The Kier molecular flexibility index (Phi) is 4.26. The summed E-state index contributed by atoms with van der Waals surface area (Å²) in [5.74, 6) is -0.267. The summed E-state index contributed by atoms with van der Waals surface area (Å²) in [6.07, 6.45) is 4.20. The molecule has 4 heteroatoms. The molecule has 3 nitrogen and oxygen atoms in total. The third kappa shape index (κ3) is 3.03. The van der Waals surface area contributed by atoms with Crippen LogP contribution in [0.15, 0.2) is 46.6 Å². The minimum absolute atomic E-state index is 0.220. The summed E-state index contributed by atoms with van der Waals surface area (Å²) in [7, 11) is 0. The second-order valence-electron chi connectivity index (χ2n) is 5.41. The number of allylic oxidation sites excluding steroid dienone is 1. The van der Waals surface area contributed by atoms with Crippen molar-refractivity contribution in [2.24, 2.45) is 0 Å². The van der Waals surface area contributed by atoms with E-state index in [1.807, 2.05) is 42.6 Å². The van der Waals surface area contributed by atoms with Gasteiger partial charge in [-0.25, -0.2) is 0 Å². The third-order valence-electron chi connectivity index (χ3n) is 3.96. The fourth-order valence-electron chi connectivity index (χ4n) is 2.59. The number of H-pyrrole nitrogens is 1. The first-order valence-corrected chi connectivity index (χ1v) is 8.39. The molecule has 0 amide bonds. The predicted octanol–water partition coefficient (Wildman–Crippen LogP) is 4.36.